The van der Waals surface area contributed by atoms with Gasteiger partial charge in [0.15, 0.2) is 6.04 Å². The highest BCUT2D eigenvalue weighted by atomic mass is 127. The van der Waals surface area contributed by atoms with Crippen molar-refractivity contribution in [2.24, 2.45) is 5.41 Å². The van der Waals surface area contributed by atoms with E-state index in [0.29, 0.717) is 0 Å². The maximum absolute atomic E-state index is 14.7. The Balaban J connectivity index is 1.14. The van der Waals surface area contributed by atoms with Crippen LogP contribution in [0.1, 0.15) is 63.1 Å². The van der Waals surface area contributed by atoms with Gasteiger partial charge in [0.25, 0.3) is 0 Å². The molecule has 2 bridgehead atoms. The standard InChI is InChI=1S/C41H46IN3O10/c1-39(2,3)52-32(48)19-18-28(24-46)44-31(47)20-21-43-38(50)40-22-30-33-34(54-41(53-33,26-13-6-4-7-14-26)27-15-8-5-9-16-27)36(40)55-45(35(40)37(49)51-30)23-25-12-10-11-17-29(25)42/h4-17,28,30,33-36,46H,18-24H2,1-3H3,(H,43,50)(H,44,47)/t28-,30+,33-,34-,35-,36+,40-/m0/s1. The van der Waals surface area contributed by atoms with E-state index in [-0.39, 0.29) is 45.4 Å². The maximum Gasteiger partial charge on any atom is 0.327 e. The first-order valence-electron chi connectivity index (χ1n) is 18.6. The van der Waals surface area contributed by atoms with Gasteiger partial charge >= 0.3 is 11.9 Å². The van der Waals surface area contributed by atoms with Crippen LogP contribution in [0, 0.1) is 8.99 Å². The fourth-order valence-electron chi connectivity index (χ4n) is 8.13. The van der Waals surface area contributed by atoms with Crippen molar-refractivity contribution in [2.75, 3.05) is 13.2 Å². The second-order valence-corrected chi connectivity index (χ2v) is 16.6. The predicted molar refractivity (Wildman–Crippen MR) is 205 cm³/mol. The van der Waals surface area contributed by atoms with Gasteiger partial charge in [0.2, 0.25) is 17.6 Å². The van der Waals surface area contributed by atoms with Crippen LogP contribution < -0.4 is 10.6 Å². The topological polar surface area (TPSA) is 162 Å². The first-order valence-corrected chi connectivity index (χ1v) is 19.7. The third kappa shape index (κ3) is 7.76. The van der Waals surface area contributed by atoms with Crippen molar-refractivity contribution >= 4 is 46.3 Å². The van der Waals surface area contributed by atoms with Crippen LogP contribution in [-0.4, -0.2) is 89.2 Å². The Kier molecular flexibility index (Phi) is 11.4. The number of aliphatic hydroxyl groups excluding tert-OH is 1. The normalized spacial score (nSPS) is 27.1. The number of nitrogens with zero attached hydrogens (tertiary/aromatic N) is 1. The van der Waals surface area contributed by atoms with Crippen LogP contribution in [0.15, 0.2) is 84.9 Å². The van der Waals surface area contributed by atoms with Crippen molar-refractivity contribution < 1.29 is 48.1 Å². The molecule has 292 valence electrons. The summed E-state index contributed by atoms with van der Waals surface area (Å²) < 4.78 is 26.3. The van der Waals surface area contributed by atoms with Gasteiger partial charge in [-0.25, -0.2) is 0 Å². The van der Waals surface area contributed by atoms with Crippen LogP contribution in [0.25, 0.3) is 0 Å². The van der Waals surface area contributed by atoms with Crippen LogP contribution in [0.5, 0.6) is 0 Å². The Morgan fingerprint density at radius 2 is 1.58 bits per heavy atom. The SMILES string of the molecule is CC(C)(C)OC(=O)CC[C@@H](CO)NC(=O)CCNC(=O)[C@@]12C[C@H]3OC(=O)[C@@H]1N(Cc1ccccc1I)O[C@@H]2[C@H]1OC(c2ccccc2)(c2ccccc2)O[C@H]13. The molecule has 3 heterocycles. The molecule has 13 nitrogen and oxygen atoms in total. The number of benzene rings is 3. The lowest BCUT2D eigenvalue weighted by atomic mass is 9.62. The number of hydrogen-bond acceptors (Lipinski definition) is 11. The van der Waals surface area contributed by atoms with Crippen LogP contribution >= 0.6 is 22.6 Å². The molecule has 0 spiro atoms. The fourth-order valence-corrected chi connectivity index (χ4v) is 8.69. The Morgan fingerprint density at radius 1 is 0.945 bits per heavy atom. The van der Waals surface area contributed by atoms with Gasteiger partial charge in [0.05, 0.1) is 19.2 Å². The van der Waals surface area contributed by atoms with E-state index in [1.165, 1.54) is 0 Å². The molecule has 3 saturated heterocycles. The van der Waals surface area contributed by atoms with Gasteiger partial charge in [-0.3, -0.25) is 24.0 Å². The summed E-state index contributed by atoms with van der Waals surface area (Å²) in [6.07, 6.45) is -3.19. The van der Waals surface area contributed by atoms with Crippen molar-refractivity contribution in [1.82, 2.24) is 15.7 Å². The largest absolute Gasteiger partial charge is 0.460 e. The molecule has 55 heavy (non-hydrogen) atoms. The minimum Gasteiger partial charge on any atom is -0.460 e. The first kappa shape index (κ1) is 39.3. The number of hydroxylamine groups is 2. The predicted octanol–water partition coefficient (Wildman–Crippen LogP) is 3.88. The molecule has 3 aromatic carbocycles. The number of rotatable bonds is 13. The van der Waals surface area contributed by atoms with Gasteiger partial charge in [-0.2, -0.15) is 5.06 Å². The number of amides is 2. The molecular formula is C41H46IN3O10. The van der Waals surface area contributed by atoms with E-state index in [2.05, 4.69) is 33.2 Å². The Bertz CT molecular complexity index is 1850. The average Bonchev–Trinajstić information content (AvgIpc) is 3.74. The van der Waals surface area contributed by atoms with E-state index in [1.54, 1.807) is 25.8 Å². The van der Waals surface area contributed by atoms with E-state index in [1.807, 2.05) is 84.9 Å². The highest BCUT2D eigenvalue weighted by molar-refractivity contribution is 14.1. The lowest BCUT2D eigenvalue weighted by molar-refractivity contribution is -0.213. The Morgan fingerprint density at radius 3 is 2.22 bits per heavy atom. The molecule has 7 atom stereocenters. The number of nitrogens with one attached hydrogen (secondary N) is 2. The molecule has 14 heteroatoms. The number of hydrogen-bond donors (Lipinski definition) is 3. The van der Waals surface area contributed by atoms with Gasteiger partial charge in [0, 0.05) is 40.5 Å². The molecule has 4 aliphatic rings. The smallest absolute Gasteiger partial charge is 0.327 e. The maximum atomic E-state index is 14.7. The minimum atomic E-state index is -1.45. The van der Waals surface area contributed by atoms with Crippen LogP contribution in [0.2, 0.25) is 0 Å². The van der Waals surface area contributed by atoms with E-state index < -0.39 is 77.1 Å². The summed E-state index contributed by atoms with van der Waals surface area (Å²) in [7, 11) is 0. The second kappa shape index (κ2) is 15.9. The molecule has 4 fully saturated rings. The lowest BCUT2D eigenvalue weighted by Gasteiger charge is -2.48. The van der Waals surface area contributed by atoms with Crippen molar-refractivity contribution in [2.45, 2.75) is 101 Å². The minimum absolute atomic E-state index is 0.0182. The van der Waals surface area contributed by atoms with Crippen molar-refractivity contribution in [3.05, 3.63) is 105 Å². The molecule has 0 unspecified atom stereocenters. The summed E-state index contributed by atoms with van der Waals surface area (Å²) >= 11 is 2.23. The summed E-state index contributed by atoms with van der Waals surface area (Å²) in [5.74, 6) is -3.31. The van der Waals surface area contributed by atoms with Crippen molar-refractivity contribution in [1.29, 1.82) is 0 Å². The highest BCUT2D eigenvalue weighted by Crippen LogP contribution is 2.59. The number of ether oxygens (including phenoxy) is 4. The number of aliphatic hydroxyl groups is 1. The molecule has 3 aromatic rings. The fraction of sp³-hybridized carbons (Fsp3) is 0.463. The zero-order valence-corrected chi connectivity index (χ0v) is 33.1. The number of esters is 2. The summed E-state index contributed by atoms with van der Waals surface area (Å²) in [5, 5.41) is 17.1. The Hall–Kier alpha value is -3.93. The van der Waals surface area contributed by atoms with E-state index in [0.717, 1.165) is 20.3 Å². The molecule has 3 N–H and O–H groups in total. The number of carbonyl (C=O) groups excluding carboxylic acids is 4. The molecule has 0 aromatic heterocycles. The summed E-state index contributed by atoms with van der Waals surface area (Å²) in [5.41, 5.74) is 0.271. The Labute approximate surface area is 333 Å². The summed E-state index contributed by atoms with van der Waals surface area (Å²) in [6, 6.07) is 25.0. The van der Waals surface area contributed by atoms with Gasteiger partial charge in [-0.1, -0.05) is 78.9 Å². The number of carbonyl (C=O) groups is 4. The molecule has 3 aliphatic heterocycles. The third-order valence-electron chi connectivity index (χ3n) is 10.5. The van der Waals surface area contributed by atoms with Gasteiger partial charge in [0.1, 0.15) is 35.4 Å². The summed E-state index contributed by atoms with van der Waals surface area (Å²) in [4.78, 5) is 60.7. The van der Waals surface area contributed by atoms with Crippen LogP contribution in [-0.2, 0) is 55.3 Å². The number of halogens is 1. The zero-order chi connectivity index (χ0) is 39.0. The summed E-state index contributed by atoms with van der Waals surface area (Å²) in [6.45, 7) is 5.06. The van der Waals surface area contributed by atoms with Gasteiger partial charge < -0.3 is 34.7 Å². The first-order chi connectivity index (χ1) is 26.3. The van der Waals surface area contributed by atoms with E-state index in [9.17, 15) is 24.3 Å². The molecular weight excluding hydrogens is 821 g/mol. The average molecular weight is 868 g/mol. The highest BCUT2D eigenvalue weighted by Gasteiger charge is 2.76. The third-order valence-corrected chi connectivity index (χ3v) is 11.6. The van der Waals surface area contributed by atoms with Crippen molar-refractivity contribution in [3.63, 3.8) is 0 Å². The quantitative estimate of drug-likeness (QED) is 0.169. The van der Waals surface area contributed by atoms with E-state index in [4.69, 9.17) is 23.8 Å². The van der Waals surface area contributed by atoms with E-state index >= 15 is 0 Å². The zero-order valence-electron chi connectivity index (χ0n) is 30.9. The van der Waals surface area contributed by atoms with Gasteiger partial charge in [-0.15, -0.1) is 0 Å². The van der Waals surface area contributed by atoms with Crippen LogP contribution in [0.4, 0.5) is 0 Å². The van der Waals surface area contributed by atoms with Crippen molar-refractivity contribution in [3.8, 4) is 0 Å². The molecule has 7 rings (SSSR count). The molecule has 1 aliphatic carbocycles. The van der Waals surface area contributed by atoms with Gasteiger partial charge in [-0.05, 0) is 61.4 Å². The second-order valence-electron chi connectivity index (χ2n) is 15.4. The molecule has 0 radical (unpaired) electrons. The molecule has 2 amide bonds. The van der Waals surface area contributed by atoms with Crippen LogP contribution in [0.3, 0.4) is 0 Å². The molecule has 1 saturated carbocycles. The number of fused-ring (bicyclic) bond motifs is 4. The monoisotopic (exact) mass is 867 g/mol. The lowest BCUT2D eigenvalue weighted by Crippen LogP contribution is -2.69.